The Labute approximate surface area is 170 Å². The van der Waals surface area contributed by atoms with Crippen molar-refractivity contribution < 1.29 is 13.6 Å². The smallest absolute Gasteiger partial charge is 0.323 e. The van der Waals surface area contributed by atoms with Crippen LogP contribution >= 0.6 is 11.6 Å². The summed E-state index contributed by atoms with van der Waals surface area (Å²) in [4.78, 5) is 12.2. The standard InChI is InChI=1S/C21H14ClFN4O2/c22-17-12-16(9-10-18(17)23)25-21(28)24-15-8-4-7-14(11-15)20-27-26-19(29-20)13-5-2-1-3-6-13/h1-12H,(H2,24,25,28). The fraction of sp³-hybridized carbons (Fsp3) is 0. The molecule has 6 nitrogen and oxygen atoms in total. The summed E-state index contributed by atoms with van der Waals surface area (Å²) < 4.78 is 19.0. The molecule has 0 saturated carbocycles. The molecule has 0 aliphatic carbocycles. The van der Waals surface area contributed by atoms with E-state index in [2.05, 4.69) is 20.8 Å². The van der Waals surface area contributed by atoms with E-state index in [0.717, 1.165) is 5.56 Å². The predicted molar refractivity (Wildman–Crippen MR) is 109 cm³/mol. The van der Waals surface area contributed by atoms with Gasteiger partial charge in [-0.1, -0.05) is 35.9 Å². The molecule has 0 aliphatic heterocycles. The van der Waals surface area contributed by atoms with Crippen molar-refractivity contribution in [3.63, 3.8) is 0 Å². The van der Waals surface area contributed by atoms with Gasteiger partial charge in [-0.25, -0.2) is 9.18 Å². The highest BCUT2D eigenvalue weighted by atomic mass is 35.5. The third kappa shape index (κ3) is 4.41. The number of benzene rings is 3. The van der Waals surface area contributed by atoms with E-state index in [1.165, 1.54) is 18.2 Å². The zero-order valence-corrected chi connectivity index (χ0v) is 15.7. The SMILES string of the molecule is O=C(Nc1cccc(-c2nnc(-c3ccccc3)o2)c1)Nc1ccc(F)c(Cl)c1. The number of urea groups is 1. The molecule has 0 radical (unpaired) electrons. The van der Waals surface area contributed by atoms with Crippen molar-refractivity contribution in [2.45, 2.75) is 0 Å². The molecule has 4 rings (SSSR count). The van der Waals surface area contributed by atoms with Gasteiger partial charge in [0.15, 0.2) is 0 Å². The number of anilines is 2. The lowest BCUT2D eigenvalue weighted by atomic mass is 10.2. The molecule has 0 saturated heterocycles. The first-order valence-electron chi connectivity index (χ1n) is 8.61. The van der Waals surface area contributed by atoms with Crippen LogP contribution in [-0.2, 0) is 0 Å². The van der Waals surface area contributed by atoms with E-state index in [4.69, 9.17) is 16.0 Å². The highest BCUT2D eigenvalue weighted by Crippen LogP contribution is 2.26. The Morgan fingerprint density at radius 3 is 2.21 bits per heavy atom. The normalized spacial score (nSPS) is 10.6. The van der Waals surface area contributed by atoms with Crippen molar-refractivity contribution in [2.24, 2.45) is 0 Å². The quantitative estimate of drug-likeness (QED) is 0.444. The molecule has 29 heavy (non-hydrogen) atoms. The lowest BCUT2D eigenvalue weighted by molar-refractivity contribution is 0.262. The summed E-state index contributed by atoms with van der Waals surface area (Å²) in [6.45, 7) is 0. The van der Waals surface area contributed by atoms with E-state index >= 15 is 0 Å². The van der Waals surface area contributed by atoms with Crippen molar-refractivity contribution in [2.75, 3.05) is 10.6 Å². The number of hydrogen-bond donors (Lipinski definition) is 2. The maximum absolute atomic E-state index is 13.2. The predicted octanol–water partition coefficient (Wildman–Crippen LogP) is 5.84. The zero-order valence-electron chi connectivity index (χ0n) is 14.9. The molecule has 1 heterocycles. The third-order valence-electron chi connectivity index (χ3n) is 3.99. The lowest BCUT2D eigenvalue weighted by Crippen LogP contribution is -2.19. The first kappa shape index (κ1) is 18.6. The molecule has 0 unspecified atom stereocenters. The van der Waals surface area contributed by atoms with Gasteiger partial charge in [0, 0.05) is 22.5 Å². The minimum absolute atomic E-state index is 0.0737. The summed E-state index contributed by atoms with van der Waals surface area (Å²) in [5, 5.41) is 13.4. The Balaban J connectivity index is 1.48. The number of amides is 2. The minimum Gasteiger partial charge on any atom is -0.416 e. The highest BCUT2D eigenvalue weighted by Gasteiger charge is 2.12. The second kappa shape index (κ2) is 8.12. The molecule has 2 N–H and O–H groups in total. The maximum atomic E-state index is 13.2. The van der Waals surface area contributed by atoms with Crippen LogP contribution in [-0.4, -0.2) is 16.2 Å². The first-order valence-corrected chi connectivity index (χ1v) is 8.99. The van der Waals surface area contributed by atoms with E-state index in [0.29, 0.717) is 28.7 Å². The Bertz CT molecular complexity index is 1160. The molecule has 0 bridgehead atoms. The Morgan fingerprint density at radius 1 is 0.828 bits per heavy atom. The number of halogens is 2. The summed E-state index contributed by atoms with van der Waals surface area (Å²) >= 11 is 5.72. The van der Waals surface area contributed by atoms with Gasteiger partial charge < -0.3 is 15.1 Å². The second-order valence-corrected chi connectivity index (χ2v) is 6.47. The van der Waals surface area contributed by atoms with Crippen LogP contribution in [0, 0.1) is 5.82 Å². The van der Waals surface area contributed by atoms with Crippen LogP contribution in [0.25, 0.3) is 22.9 Å². The Hall–Kier alpha value is -3.71. The molecule has 0 spiro atoms. The summed E-state index contributed by atoms with van der Waals surface area (Å²) in [6, 6.07) is 19.8. The van der Waals surface area contributed by atoms with Crippen molar-refractivity contribution >= 4 is 29.0 Å². The van der Waals surface area contributed by atoms with Gasteiger partial charge >= 0.3 is 6.03 Å². The molecule has 3 aromatic carbocycles. The third-order valence-corrected chi connectivity index (χ3v) is 4.28. The fourth-order valence-corrected chi connectivity index (χ4v) is 2.82. The van der Waals surface area contributed by atoms with Crippen LogP contribution in [0.15, 0.2) is 77.2 Å². The number of nitrogens with one attached hydrogen (secondary N) is 2. The summed E-state index contributed by atoms with van der Waals surface area (Å²) in [7, 11) is 0. The van der Waals surface area contributed by atoms with Crippen LogP contribution in [0.3, 0.4) is 0 Å². The lowest BCUT2D eigenvalue weighted by Gasteiger charge is -2.08. The van der Waals surface area contributed by atoms with Crippen molar-refractivity contribution in [1.29, 1.82) is 0 Å². The molecule has 0 fully saturated rings. The zero-order chi connectivity index (χ0) is 20.2. The highest BCUT2D eigenvalue weighted by molar-refractivity contribution is 6.31. The second-order valence-electron chi connectivity index (χ2n) is 6.07. The molecule has 144 valence electrons. The monoisotopic (exact) mass is 408 g/mol. The van der Waals surface area contributed by atoms with Gasteiger partial charge in [0.2, 0.25) is 11.8 Å². The van der Waals surface area contributed by atoms with E-state index in [1.807, 2.05) is 30.3 Å². The van der Waals surface area contributed by atoms with Gasteiger partial charge in [-0.15, -0.1) is 10.2 Å². The number of hydrogen-bond acceptors (Lipinski definition) is 4. The molecular formula is C21H14ClFN4O2. The summed E-state index contributed by atoms with van der Waals surface area (Å²) in [6.07, 6.45) is 0. The van der Waals surface area contributed by atoms with Crippen LogP contribution in [0.2, 0.25) is 5.02 Å². The Morgan fingerprint density at radius 2 is 1.48 bits per heavy atom. The van der Waals surface area contributed by atoms with Crippen LogP contribution in [0.4, 0.5) is 20.6 Å². The minimum atomic E-state index is -0.556. The average Bonchev–Trinajstić information content (AvgIpc) is 3.22. The number of carbonyl (C=O) groups excluding carboxylic acids is 1. The van der Waals surface area contributed by atoms with E-state index < -0.39 is 11.8 Å². The summed E-state index contributed by atoms with van der Waals surface area (Å²) in [5.41, 5.74) is 2.36. The van der Waals surface area contributed by atoms with Gasteiger partial charge in [-0.2, -0.15) is 0 Å². The van der Waals surface area contributed by atoms with E-state index in [1.54, 1.807) is 24.3 Å². The van der Waals surface area contributed by atoms with Crippen molar-refractivity contribution in [3.8, 4) is 22.9 Å². The first-order chi connectivity index (χ1) is 14.1. The topological polar surface area (TPSA) is 80.1 Å². The van der Waals surface area contributed by atoms with Gasteiger partial charge in [-0.05, 0) is 48.5 Å². The number of carbonyl (C=O) groups is 1. The molecule has 1 aromatic heterocycles. The number of aromatic nitrogens is 2. The average molecular weight is 409 g/mol. The van der Waals surface area contributed by atoms with E-state index in [-0.39, 0.29) is 5.02 Å². The summed E-state index contributed by atoms with van der Waals surface area (Å²) in [5.74, 6) is 0.183. The molecule has 2 amide bonds. The largest absolute Gasteiger partial charge is 0.416 e. The van der Waals surface area contributed by atoms with Gasteiger partial charge in [0.05, 0.1) is 5.02 Å². The number of rotatable bonds is 4. The van der Waals surface area contributed by atoms with Crippen LogP contribution in [0.5, 0.6) is 0 Å². The fourth-order valence-electron chi connectivity index (χ4n) is 2.63. The molecule has 4 aromatic rings. The molecular weight excluding hydrogens is 395 g/mol. The van der Waals surface area contributed by atoms with Gasteiger partial charge in [0.25, 0.3) is 0 Å². The number of nitrogens with zero attached hydrogens (tertiary/aromatic N) is 2. The van der Waals surface area contributed by atoms with Gasteiger partial charge in [-0.3, -0.25) is 0 Å². The van der Waals surface area contributed by atoms with Gasteiger partial charge in [0.1, 0.15) is 5.82 Å². The molecule has 8 heteroatoms. The van der Waals surface area contributed by atoms with Crippen LogP contribution < -0.4 is 10.6 Å². The van der Waals surface area contributed by atoms with E-state index in [9.17, 15) is 9.18 Å². The molecule has 0 aliphatic rings. The van der Waals surface area contributed by atoms with Crippen LogP contribution in [0.1, 0.15) is 0 Å². The Kier molecular flexibility index (Phi) is 5.22. The van der Waals surface area contributed by atoms with Crippen molar-refractivity contribution in [3.05, 3.63) is 83.6 Å². The molecule has 0 atom stereocenters. The van der Waals surface area contributed by atoms with Crippen molar-refractivity contribution in [1.82, 2.24) is 10.2 Å². The maximum Gasteiger partial charge on any atom is 0.323 e.